The average molecular weight is 283 g/mol. The van der Waals surface area contributed by atoms with Gasteiger partial charge in [0.25, 0.3) is 0 Å². The highest BCUT2D eigenvalue weighted by Crippen LogP contribution is 2.14. The Morgan fingerprint density at radius 1 is 1.42 bits per heavy atom. The summed E-state index contributed by atoms with van der Waals surface area (Å²) in [5.74, 6) is -0.825. The van der Waals surface area contributed by atoms with Crippen LogP contribution in [0, 0.1) is 5.82 Å². The molecule has 0 aromatic heterocycles. The molecule has 1 aromatic carbocycles. The second-order valence-electron chi connectivity index (χ2n) is 4.64. The average Bonchev–Trinajstić information content (AvgIpc) is 2.29. The Bertz CT molecular complexity index is 491. The van der Waals surface area contributed by atoms with E-state index in [2.05, 4.69) is 0 Å². The molecule has 1 aromatic rings. The number of nitrogens with two attached hydrogens (primary N) is 2. The topological polar surface area (TPSA) is 72.3 Å². The Kier molecular flexibility index (Phi) is 5.38. The van der Waals surface area contributed by atoms with Crippen LogP contribution in [0.15, 0.2) is 18.2 Å². The highest BCUT2D eigenvalue weighted by Gasteiger charge is 2.15. The fourth-order valence-electron chi connectivity index (χ4n) is 1.67. The molecule has 104 valence electrons. The smallest absolute Gasteiger partial charge is 0.231 e. The van der Waals surface area contributed by atoms with Crippen molar-refractivity contribution in [3.05, 3.63) is 35.1 Å². The molecular formula is C13H18FN3OS. The molecule has 0 bridgehead atoms. The number of amides is 1. The van der Waals surface area contributed by atoms with Crippen molar-refractivity contribution in [2.45, 2.75) is 26.4 Å². The van der Waals surface area contributed by atoms with Crippen LogP contribution in [0.4, 0.5) is 4.39 Å². The van der Waals surface area contributed by atoms with Crippen molar-refractivity contribution < 1.29 is 9.18 Å². The van der Waals surface area contributed by atoms with E-state index < -0.39 is 5.91 Å². The van der Waals surface area contributed by atoms with Crippen LogP contribution < -0.4 is 11.5 Å². The van der Waals surface area contributed by atoms with Crippen molar-refractivity contribution in [2.75, 3.05) is 6.54 Å². The monoisotopic (exact) mass is 283 g/mol. The second-order valence-corrected chi connectivity index (χ2v) is 5.08. The van der Waals surface area contributed by atoms with Crippen LogP contribution in [0.2, 0.25) is 0 Å². The third-order valence-corrected chi connectivity index (χ3v) is 3.04. The summed E-state index contributed by atoms with van der Waals surface area (Å²) in [5.41, 5.74) is 11.6. The van der Waals surface area contributed by atoms with Gasteiger partial charge >= 0.3 is 0 Å². The Labute approximate surface area is 117 Å². The molecule has 0 saturated heterocycles. The number of nitrogens with zero attached hydrogens (tertiary/aromatic N) is 1. The Morgan fingerprint density at radius 3 is 2.47 bits per heavy atom. The molecule has 0 unspecified atom stereocenters. The second kappa shape index (κ2) is 6.58. The van der Waals surface area contributed by atoms with E-state index in [9.17, 15) is 9.18 Å². The van der Waals surface area contributed by atoms with Gasteiger partial charge in [0.1, 0.15) is 10.8 Å². The van der Waals surface area contributed by atoms with Crippen LogP contribution in [0.1, 0.15) is 25.0 Å². The number of hydrogen-bond acceptors (Lipinski definition) is 3. The van der Waals surface area contributed by atoms with Crippen molar-refractivity contribution in [1.29, 1.82) is 0 Å². The largest absolute Gasteiger partial charge is 0.389 e. The molecule has 0 saturated carbocycles. The molecule has 0 aliphatic heterocycles. The number of carbonyl (C=O) groups excluding carboxylic acids is 1. The molecule has 0 spiro atoms. The Balaban J connectivity index is 2.91. The third-order valence-electron chi connectivity index (χ3n) is 2.80. The standard InChI is InChI=1S/C13H18FN3OS/c1-8(2)17(7-12(15)18)6-10-4-3-9(13(16)19)5-11(10)14/h3-5,8H,6-7H2,1-2H3,(H2,15,18)(H2,16,19). The SMILES string of the molecule is CC(C)N(CC(N)=O)Cc1ccc(C(N)=S)cc1F. The van der Waals surface area contributed by atoms with Crippen molar-refractivity contribution >= 4 is 23.1 Å². The first kappa shape index (κ1) is 15.5. The number of halogens is 1. The minimum atomic E-state index is -0.436. The first-order valence-corrected chi connectivity index (χ1v) is 6.32. The highest BCUT2D eigenvalue weighted by atomic mass is 32.1. The molecule has 1 amide bonds. The van der Waals surface area contributed by atoms with Crippen molar-refractivity contribution in [3.63, 3.8) is 0 Å². The zero-order chi connectivity index (χ0) is 14.6. The van der Waals surface area contributed by atoms with Crippen LogP contribution in [-0.4, -0.2) is 28.4 Å². The highest BCUT2D eigenvalue weighted by molar-refractivity contribution is 7.80. The van der Waals surface area contributed by atoms with Gasteiger partial charge in [-0.15, -0.1) is 0 Å². The summed E-state index contributed by atoms with van der Waals surface area (Å²) in [6, 6.07) is 4.69. The molecule has 0 aliphatic carbocycles. The third kappa shape index (κ3) is 4.57. The van der Waals surface area contributed by atoms with E-state index in [4.69, 9.17) is 23.7 Å². The molecular weight excluding hydrogens is 265 g/mol. The van der Waals surface area contributed by atoms with Gasteiger partial charge in [-0.3, -0.25) is 9.69 Å². The van der Waals surface area contributed by atoms with Gasteiger partial charge in [-0.2, -0.15) is 0 Å². The molecule has 6 heteroatoms. The first-order valence-electron chi connectivity index (χ1n) is 5.92. The van der Waals surface area contributed by atoms with Crippen molar-refractivity contribution in [2.24, 2.45) is 11.5 Å². The summed E-state index contributed by atoms with van der Waals surface area (Å²) in [4.78, 5) is 12.9. The van der Waals surface area contributed by atoms with Crippen LogP contribution in [0.3, 0.4) is 0 Å². The summed E-state index contributed by atoms with van der Waals surface area (Å²) in [6.07, 6.45) is 0. The summed E-state index contributed by atoms with van der Waals surface area (Å²) in [6.45, 7) is 4.24. The predicted molar refractivity (Wildman–Crippen MR) is 77.0 cm³/mol. The summed E-state index contributed by atoms with van der Waals surface area (Å²) >= 11 is 4.79. The fourth-order valence-corrected chi connectivity index (χ4v) is 1.80. The lowest BCUT2D eigenvalue weighted by atomic mass is 10.1. The summed E-state index contributed by atoms with van der Waals surface area (Å²) < 4.78 is 13.9. The molecule has 19 heavy (non-hydrogen) atoms. The van der Waals surface area contributed by atoms with E-state index in [1.54, 1.807) is 17.0 Å². The van der Waals surface area contributed by atoms with Gasteiger partial charge in [-0.25, -0.2) is 4.39 Å². The van der Waals surface area contributed by atoms with Gasteiger partial charge in [0.05, 0.1) is 6.54 Å². The lowest BCUT2D eigenvalue weighted by Gasteiger charge is -2.25. The zero-order valence-electron chi connectivity index (χ0n) is 11.0. The molecule has 0 heterocycles. The van der Waals surface area contributed by atoms with Gasteiger partial charge in [0, 0.05) is 23.7 Å². The minimum absolute atomic E-state index is 0.0853. The molecule has 1 rings (SSSR count). The van der Waals surface area contributed by atoms with Crippen molar-refractivity contribution in [1.82, 2.24) is 4.90 Å². The zero-order valence-corrected chi connectivity index (χ0v) is 11.8. The first-order chi connectivity index (χ1) is 8.81. The van der Waals surface area contributed by atoms with E-state index in [0.717, 1.165) is 0 Å². The van der Waals surface area contributed by atoms with Crippen LogP contribution in [0.25, 0.3) is 0 Å². The molecule has 0 aliphatic rings. The maximum absolute atomic E-state index is 13.9. The van der Waals surface area contributed by atoms with E-state index >= 15 is 0 Å². The van der Waals surface area contributed by atoms with Gasteiger partial charge in [-0.05, 0) is 19.9 Å². The van der Waals surface area contributed by atoms with Crippen molar-refractivity contribution in [3.8, 4) is 0 Å². The fraction of sp³-hybridized carbons (Fsp3) is 0.385. The maximum atomic E-state index is 13.9. The number of hydrogen-bond donors (Lipinski definition) is 2. The molecule has 0 radical (unpaired) electrons. The molecule has 4 N–H and O–H groups in total. The number of rotatable bonds is 6. The minimum Gasteiger partial charge on any atom is -0.389 e. The van der Waals surface area contributed by atoms with Gasteiger partial charge < -0.3 is 11.5 Å². The molecule has 0 atom stereocenters. The molecule has 4 nitrogen and oxygen atoms in total. The van der Waals surface area contributed by atoms with E-state index in [0.29, 0.717) is 17.7 Å². The summed E-state index contributed by atoms with van der Waals surface area (Å²) in [5, 5.41) is 0. The normalized spacial score (nSPS) is 11.0. The predicted octanol–water partition coefficient (Wildman–Crippen LogP) is 1.16. The number of carbonyl (C=O) groups is 1. The molecule has 0 fully saturated rings. The Hall–Kier alpha value is -1.53. The van der Waals surface area contributed by atoms with Crippen LogP contribution in [0.5, 0.6) is 0 Å². The van der Waals surface area contributed by atoms with Crippen LogP contribution in [-0.2, 0) is 11.3 Å². The van der Waals surface area contributed by atoms with E-state index in [1.807, 2.05) is 13.8 Å². The number of primary amides is 1. The quantitative estimate of drug-likeness (QED) is 0.768. The van der Waals surface area contributed by atoms with Gasteiger partial charge in [0.15, 0.2) is 0 Å². The number of thiocarbonyl (C=S) groups is 1. The van der Waals surface area contributed by atoms with Crippen LogP contribution >= 0.6 is 12.2 Å². The van der Waals surface area contributed by atoms with Gasteiger partial charge in [0.2, 0.25) is 5.91 Å². The van der Waals surface area contributed by atoms with E-state index in [1.165, 1.54) is 6.07 Å². The Morgan fingerprint density at radius 2 is 2.05 bits per heavy atom. The lowest BCUT2D eigenvalue weighted by Crippen LogP contribution is -2.38. The van der Waals surface area contributed by atoms with E-state index in [-0.39, 0.29) is 23.4 Å². The number of benzene rings is 1. The summed E-state index contributed by atoms with van der Waals surface area (Å²) in [7, 11) is 0. The lowest BCUT2D eigenvalue weighted by molar-refractivity contribution is -0.119. The van der Waals surface area contributed by atoms with Gasteiger partial charge in [-0.1, -0.05) is 24.4 Å². The maximum Gasteiger partial charge on any atom is 0.231 e.